The van der Waals surface area contributed by atoms with Crippen LogP contribution in [0.4, 0.5) is 5.69 Å². The molecule has 0 aliphatic carbocycles. The van der Waals surface area contributed by atoms with Gasteiger partial charge in [-0.2, -0.15) is 0 Å². The maximum Gasteiger partial charge on any atom is 0.253 e. The highest BCUT2D eigenvalue weighted by molar-refractivity contribution is 5.98. The maximum absolute atomic E-state index is 12.8. The molecule has 4 nitrogen and oxygen atoms in total. The van der Waals surface area contributed by atoms with E-state index in [2.05, 4.69) is 41.1 Å². The number of amides is 1. The van der Waals surface area contributed by atoms with Crippen molar-refractivity contribution in [1.29, 1.82) is 0 Å². The van der Waals surface area contributed by atoms with E-state index in [0.717, 1.165) is 42.6 Å². The summed E-state index contributed by atoms with van der Waals surface area (Å²) in [4.78, 5) is 21.5. The lowest BCUT2D eigenvalue weighted by Crippen LogP contribution is -2.49. The largest absolute Gasteiger partial charge is 0.368 e. The van der Waals surface area contributed by atoms with Crippen LogP contribution in [0.1, 0.15) is 15.9 Å². The number of benzene rings is 2. The van der Waals surface area contributed by atoms with Crippen LogP contribution in [0.2, 0.25) is 0 Å². The van der Waals surface area contributed by atoms with Gasteiger partial charge in [0, 0.05) is 49.0 Å². The maximum atomic E-state index is 12.8. The minimum Gasteiger partial charge on any atom is -0.368 e. The number of aryl methyl sites for hydroxylation is 1. The van der Waals surface area contributed by atoms with Crippen LogP contribution in [-0.2, 0) is 0 Å². The van der Waals surface area contributed by atoms with E-state index in [1.54, 1.807) is 6.20 Å². The Hall–Kier alpha value is -2.88. The number of para-hydroxylation sites is 1. The Bertz CT molecular complexity index is 914. The van der Waals surface area contributed by atoms with Crippen molar-refractivity contribution in [3.05, 3.63) is 71.9 Å². The quantitative estimate of drug-likeness (QED) is 0.721. The third-order valence-electron chi connectivity index (χ3n) is 4.87. The van der Waals surface area contributed by atoms with Crippen LogP contribution in [0.5, 0.6) is 0 Å². The van der Waals surface area contributed by atoms with E-state index in [9.17, 15) is 4.79 Å². The fourth-order valence-electron chi connectivity index (χ4n) is 3.46. The van der Waals surface area contributed by atoms with Gasteiger partial charge in [0.25, 0.3) is 5.91 Å². The summed E-state index contributed by atoms with van der Waals surface area (Å²) in [5.74, 6) is 0.107. The van der Waals surface area contributed by atoms with Crippen molar-refractivity contribution in [2.45, 2.75) is 6.92 Å². The Morgan fingerprint density at radius 2 is 1.76 bits per heavy atom. The van der Waals surface area contributed by atoms with E-state index < -0.39 is 0 Å². The third kappa shape index (κ3) is 3.07. The van der Waals surface area contributed by atoms with Crippen molar-refractivity contribution in [3.63, 3.8) is 0 Å². The molecule has 126 valence electrons. The van der Waals surface area contributed by atoms with Crippen LogP contribution in [-0.4, -0.2) is 42.0 Å². The number of rotatable bonds is 2. The minimum absolute atomic E-state index is 0.107. The molecule has 0 unspecified atom stereocenters. The van der Waals surface area contributed by atoms with Crippen LogP contribution >= 0.6 is 0 Å². The van der Waals surface area contributed by atoms with E-state index >= 15 is 0 Å². The lowest BCUT2D eigenvalue weighted by atomic mass is 10.1. The molecule has 0 atom stereocenters. The molecule has 1 aliphatic heterocycles. The summed E-state index contributed by atoms with van der Waals surface area (Å²) >= 11 is 0. The predicted octanol–water partition coefficient (Wildman–Crippen LogP) is 3.51. The highest BCUT2D eigenvalue weighted by Gasteiger charge is 2.23. The Kier molecular flexibility index (Phi) is 4.10. The summed E-state index contributed by atoms with van der Waals surface area (Å²) < 4.78 is 0. The SMILES string of the molecule is Cc1ccccc1N1CCN(C(=O)c2ccc3ncccc3c2)CC1. The average Bonchev–Trinajstić information content (AvgIpc) is 2.67. The van der Waals surface area contributed by atoms with Crippen LogP contribution in [0, 0.1) is 6.92 Å². The zero-order chi connectivity index (χ0) is 17.2. The number of pyridine rings is 1. The Morgan fingerprint density at radius 1 is 0.960 bits per heavy atom. The van der Waals surface area contributed by atoms with Crippen molar-refractivity contribution >= 4 is 22.5 Å². The Labute approximate surface area is 147 Å². The summed E-state index contributed by atoms with van der Waals surface area (Å²) in [6.45, 7) is 5.37. The Balaban J connectivity index is 1.48. The second-order valence-corrected chi connectivity index (χ2v) is 6.48. The highest BCUT2D eigenvalue weighted by atomic mass is 16.2. The summed E-state index contributed by atoms with van der Waals surface area (Å²) in [6, 6.07) is 18.1. The third-order valence-corrected chi connectivity index (χ3v) is 4.87. The van der Waals surface area contributed by atoms with Crippen molar-refractivity contribution in [2.24, 2.45) is 0 Å². The molecule has 3 aromatic rings. The number of carbonyl (C=O) groups excluding carboxylic acids is 1. The zero-order valence-corrected chi connectivity index (χ0v) is 14.4. The first-order valence-corrected chi connectivity index (χ1v) is 8.67. The molecule has 2 heterocycles. The van der Waals surface area contributed by atoms with Gasteiger partial charge in [-0.3, -0.25) is 9.78 Å². The molecule has 0 radical (unpaired) electrons. The first-order valence-electron chi connectivity index (χ1n) is 8.67. The fourth-order valence-corrected chi connectivity index (χ4v) is 3.46. The molecule has 1 aromatic heterocycles. The first-order chi connectivity index (χ1) is 12.2. The molecule has 4 rings (SSSR count). The number of aromatic nitrogens is 1. The van der Waals surface area contributed by atoms with E-state index in [1.165, 1.54) is 11.3 Å². The van der Waals surface area contributed by atoms with Crippen molar-refractivity contribution in [2.75, 3.05) is 31.1 Å². The lowest BCUT2D eigenvalue weighted by Gasteiger charge is -2.36. The molecule has 4 heteroatoms. The number of fused-ring (bicyclic) bond motifs is 1. The second-order valence-electron chi connectivity index (χ2n) is 6.48. The summed E-state index contributed by atoms with van der Waals surface area (Å²) in [7, 11) is 0. The van der Waals surface area contributed by atoms with Crippen LogP contribution in [0.3, 0.4) is 0 Å². The molecule has 0 saturated carbocycles. The molecular formula is C21H21N3O. The van der Waals surface area contributed by atoms with E-state index in [1.807, 2.05) is 35.2 Å². The van der Waals surface area contributed by atoms with E-state index in [-0.39, 0.29) is 5.91 Å². The zero-order valence-electron chi connectivity index (χ0n) is 14.4. The minimum atomic E-state index is 0.107. The smallest absolute Gasteiger partial charge is 0.253 e. The van der Waals surface area contributed by atoms with Crippen LogP contribution in [0.15, 0.2) is 60.8 Å². The number of carbonyl (C=O) groups is 1. The average molecular weight is 331 g/mol. The number of nitrogens with zero attached hydrogens (tertiary/aromatic N) is 3. The summed E-state index contributed by atoms with van der Waals surface area (Å²) in [5.41, 5.74) is 4.21. The van der Waals surface area contributed by atoms with Crippen LogP contribution in [0.25, 0.3) is 10.9 Å². The molecule has 0 bridgehead atoms. The van der Waals surface area contributed by atoms with Crippen LogP contribution < -0.4 is 4.90 Å². The first kappa shape index (κ1) is 15.6. The normalized spacial score (nSPS) is 14.8. The van der Waals surface area contributed by atoms with Gasteiger partial charge >= 0.3 is 0 Å². The molecule has 1 aliphatic rings. The molecular weight excluding hydrogens is 310 g/mol. The van der Waals surface area contributed by atoms with Crippen molar-refractivity contribution in [3.8, 4) is 0 Å². The summed E-state index contributed by atoms with van der Waals surface area (Å²) in [6.07, 6.45) is 1.77. The van der Waals surface area contributed by atoms with E-state index in [4.69, 9.17) is 0 Å². The summed E-state index contributed by atoms with van der Waals surface area (Å²) in [5, 5.41) is 1.01. The van der Waals surface area contributed by atoms with Gasteiger partial charge in [-0.05, 0) is 42.8 Å². The molecule has 1 amide bonds. The molecule has 25 heavy (non-hydrogen) atoms. The highest BCUT2D eigenvalue weighted by Crippen LogP contribution is 2.22. The molecule has 0 N–H and O–H groups in total. The molecule has 1 saturated heterocycles. The van der Waals surface area contributed by atoms with Gasteiger partial charge in [-0.25, -0.2) is 0 Å². The van der Waals surface area contributed by atoms with Gasteiger partial charge in [0.05, 0.1) is 5.52 Å². The van der Waals surface area contributed by atoms with E-state index in [0.29, 0.717) is 0 Å². The van der Waals surface area contributed by atoms with Gasteiger partial charge in [-0.15, -0.1) is 0 Å². The van der Waals surface area contributed by atoms with Gasteiger partial charge in [0.1, 0.15) is 0 Å². The van der Waals surface area contributed by atoms with Gasteiger partial charge in [-0.1, -0.05) is 24.3 Å². The number of hydrogen-bond acceptors (Lipinski definition) is 3. The molecule has 0 spiro atoms. The number of piperazine rings is 1. The second kappa shape index (κ2) is 6.55. The van der Waals surface area contributed by atoms with Gasteiger partial charge < -0.3 is 9.80 Å². The monoisotopic (exact) mass is 331 g/mol. The number of hydrogen-bond donors (Lipinski definition) is 0. The predicted molar refractivity (Wildman–Crippen MR) is 101 cm³/mol. The standard InChI is InChI=1S/C21H21N3O/c1-16-5-2-3-7-20(16)23-11-13-24(14-12-23)21(25)18-8-9-19-17(15-18)6-4-10-22-19/h2-10,15H,11-14H2,1H3. The number of anilines is 1. The Morgan fingerprint density at radius 3 is 2.56 bits per heavy atom. The molecule has 1 fully saturated rings. The van der Waals surface area contributed by atoms with Crippen molar-refractivity contribution < 1.29 is 4.79 Å². The van der Waals surface area contributed by atoms with Gasteiger partial charge in [0.2, 0.25) is 0 Å². The van der Waals surface area contributed by atoms with Crippen molar-refractivity contribution in [1.82, 2.24) is 9.88 Å². The topological polar surface area (TPSA) is 36.4 Å². The molecule has 2 aromatic carbocycles. The lowest BCUT2D eigenvalue weighted by molar-refractivity contribution is 0.0747. The van der Waals surface area contributed by atoms with Gasteiger partial charge in [0.15, 0.2) is 0 Å². The fraction of sp³-hybridized carbons (Fsp3) is 0.238.